The summed E-state index contributed by atoms with van der Waals surface area (Å²) in [4.78, 5) is 17.9. The molecule has 0 unspecified atom stereocenters. The van der Waals surface area contributed by atoms with Gasteiger partial charge in [0.1, 0.15) is 11.6 Å². The highest BCUT2D eigenvalue weighted by Gasteiger charge is 2.24. The molecule has 0 saturated heterocycles. The van der Waals surface area contributed by atoms with Gasteiger partial charge in [-0.3, -0.25) is 9.36 Å². The zero-order valence-corrected chi connectivity index (χ0v) is 20.0. The Hall–Kier alpha value is -2.88. The number of rotatable bonds is 7. The van der Waals surface area contributed by atoms with E-state index in [2.05, 4.69) is 20.5 Å². The number of aromatic nitrogens is 4. The zero-order valence-electron chi connectivity index (χ0n) is 17.6. The summed E-state index contributed by atoms with van der Waals surface area (Å²) in [5.41, 5.74) is 1.89. The van der Waals surface area contributed by atoms with Crippen molar-refractivity contribution in [2.75, 3.05) is 12.4 Å². The predicted octanol–water partition coefficient (Wildman–Crippen LogP) is 5.48. The van der Waals surface area contributed by atoms with E-state index in [0.29, 0.717) is 27.6 Å². The first-order valence-electron chi connectivity index (χ1n) is 9.69. The Labute approximate surface area is 198 Å². The van der Waals surface area contributed by atoms with E-state index in [4.69, 9.17) is 16.3 Å². The van der Waals surface area contributed by atoms with Gasteiger partial charge in [0, 0.05) is 6.20 Å². The number of carbonyl (C=O) groups is 1. The third kappa shape index (κ3) is 4.79. The molecule has 0 fully saturated rings. The van der Waals surface area contributed by atoms with Crippen molar-refractivity contribution >= 4 is 46.4 Å². The number of halogens is 1. The van der Waals surface area contributed by atoms with Crippen molar-refractivity contribution in [3.8, 4) is 22.1 Å². The monoisotopic (exact) mass is 485 g/mol. The molecule has 4 aromatic rings. The van der Waals surface area contributed by atoms with Gasteiger partial charge in [-0.05, 0) is 55.1 Å². The van der Waals surface area contributed by atoms with E-state index in [1.807, 2.05) is 54.1 Å². The fourth-order valence-corrected chi connectivity index (χ4v) is 4.66. The molecule has 0 aliphatic rings. The van der Waals surface area contributed by atoms with E-state index in [1.54, 1.807) is 30.6 Å². The summed E-state index contributed by atoms with van der Waals surface area (Å²) in [5.74, 6) is 1.62. The number of pyridine rings is 1. The van der Waals surface area contributed by atoms with E-state index in [9.17, 15) is 4.79 Å². The molecular formula is C22H20ClN5O2S2. The molecule has 0 bridgehead atoms. The van der Waals surface area contributed by atoms with Crippen molar-refractivity contribution in [2.45, 2.75) is 24.3 Å². The van der Waals surface area contributed by atoms with Crippen molar-refractivity contribution in [3.05, 3.63) is 64.6 Å². The van der Waals surface area contributed by atoms with Gasteiger partial charge in [-0.2, -0.15) is 0 Å². The molecule has 0 radical (unpaired) electrons. The number of amides is 1. The van der Waals surface area contributed by atoms with Crippen LogP contribution in [0.5, 0.6) is 5.75 Å². The third-order valence-electron chi connectivity index (χ3n) is 4.58. The molecule has 32 heavy (non-hydrogen) atoms. The maximum atomic E-state index is 12.8. The van der Waals surface area contributed by atoms with E-state index in [1.165, 1.54) is 18.0 Å². The van der Waals surface area contributed by atoms with Gasteiger partial charge in [0.05, 0.1) is 27.9 Å². The first-order valence-corrected chi connectivity index (χ1v) is 11.8. The smallest absolute Gasteiger partial charge is 0.238 e. The second kappa shape index (κ2) is 9.72. The molecule has 0 spiro atoms. The molecule has 0 aliphatic heterocycles. The van der Waals surface area contributed by atoms with Crippen molar-refractivity contribution in [3.63, 3.8) is 0 Å². The standard InChI is InChI=1S/C22H20ClN5O2S2/c1-13-6-8-17(30-3)16(11-13)28-20(18-5-4-10-31-18)26-27-22(28)32-14(2)21(29)25-19-9-7-15(23)12-24-19/h4-12,14H,1-3H3,(H,24,25,29)/t14-/m1/s1. The number of ether oxygens (including phenoxy) is 1. The molecule has 0 saturated carbocycles. The van der Waals surface area contributed by atoms with Crippen molar-refractivity contribution in [1.29, 1.82) is 0 Å². The Morgan fingerprint density at radius 1 is 1.25 bits per heavy atom. The third-order valence-corrected chi connectivity index (χ3v) is 6.71. The van der Waals surface area contributed by atoms with Crippen LogP contribution in [0.4, 0.5) is 5.82 Å². The highest BCUT2D eigenvalue weighted by molar-refractivity contribution is 8.00. The molecule has 3 aromatic heterocycles. The van der Waals surface area contributed by atoms with Gasteiger partial charge in [-0.15, -0.1) is 21.5 Å². The van der Waals surface area contributed by atoms with Crippen LogP contribution in [0.2, 0.25) is 5.02 Å². The molecule has 0 aliphatic carbocycles. The average molecular weight is 486 g/mol. The number of thioether (sulfide) groups is 1. The van der Waals surface area contributed by atoms with Crippen LogP contribution >= 0.6 is 34.7 Å². The van der Waals surface area contributed by atoms with Crippen LogP contribution in [0.15, 0.2) is 59.2 Å². The molecule has 1 amide bonds. The molecule has 1 N–H and O–H groups in total. The maximum Gasteiger partial charge on any atom is 0.238 e. The number of nitrogens with zero attached hydrogens (tertiary/aromatic N) is 4. The minimum Gasteiger partial charge on any atom is -0.495 e. The van der Waals surface area contributed by atoms with Crippen LogP contribution in [-0.4, -0.2) is 38.0 Å². The number of methoxy groups -OCH3 is 1. The van der Waals surface area contributed by atoms with Crippen molar-refractivity contribution in [2.24, 2.45) is 0 Å². The van der Waals surface area contributed by atoms with Gasteiger partial charge in [0.15, 0.2) is 11.0 Å². The SMILES string of the molecule is COc1ccc(C)cc1-n1c(S[C@H](C)C(=O)Nc2ccc(Cl)cn2)nnc1-c1cccs1. The summed E-state index contributed by atoms with van der Waals surface area (Å²) in [7, 11) is 1.63. The Kier molecular flexibility index (Phi) is 6.78. The normalized spacial score (nSPS) is 11.9. The number of thiophene rings is 1. The lowest BCUT2D eigenvalue weighted by atomic mass is 10.2. The Morgan fingerprint density at radius 2 is 2.09 bits per heavy atom. The molecule has 164 valence electrons. The molecular weight excluding hydrogens is 466 g/mol. The van der Waals surface area contributed by atoms with Crippen LogP contribution in [0.3, 0.4) is 0 Å². The number of carbonyl (C=O) groups excluding carboxylic acids is 1. The number of nitrogens with one attached hydrogen (secondary N) is 1. The summed E-state index contributed by atoms with van der Waals surface area (Å²) < 4.78 is 7.55. The first kappa shape index (κ1) is 22.3. The lowest BCUT2D eigenvalue weighted by Crippen LogP contribution is -2.23. The summed E-state index contributed by atoms with van der Waals surface area (Å²) >= 11 is 8.75. The van der Waals surface area contributed by atoms with Gasteiger partial charge < -0.3 is 10.1 Å². The van der Waals surface area contributed by atoms with Gasteiger partial charge in [0.25, 0.3) is 0 Å². The number of hydrogen-bond donors (Lipinski definition) is 1. The van der Waals surface area contributed by atoms with Crippen LogP contribution < -0.4 is 10.1 Å². The minimum absolute atomic E-state index is 0.201. The van der Waals surface area contributed by atoms with Gasteiger partial charge in [0.2, 0.25) is 5.91 Å². The largest absolute Gasteiger partial charge is 0.495 e. The van der Waals surface area contributed by atoms with Crippen LogP contribution in [0.25, 0.3) is 16.4 Å². The first-order chi connectivity index (χ1) is 15.5. The predicted molar refractivity (Wildman–Crippen MR) is 129 cm³/mol. The Bertz CT molecular complexity index is 1230. The van der Waals surface area contributed by atoms with Crippen LogP contribution in [0, 0.1) is 6.92 Å². The fourth-order valence-electron chi connectivity index (χ4n) is 2.99. The Morgan fingerprint density at radius 3 is 2.78 bits per heavy atom. The maximum absolute atomic E-state index is 12.8. The van der Waals surface area contributed by atoms with E-state index < -0.39 is 5.25 Å². The molecule has 1 aromatic carbocycles. The fraction of sp³-hybridized carbons (Fsp3) is 0.182. The summed E-state index contributed by atoms with van der Waals surface area (Å²) in [5, 5.41) is 14.3. The number of hydrogen-bond acceptors (Lipinski definition) is 7. The van der Waals surface area contributed by atoms with Crippen LogP contribution in [-0.2, 0) is 4.79 Å². The summed E-state index contributed by atoms with van der Waals surface area (Å²) in [6.07, 6.45) is 1.49. The number of aryl methyl sites for hydroxylation is 1. The number of benzene rings is 1. The van der Waals surface area contributed by atoms with E-state index in [-0.39, 0.29) is 5.91 Å². The quantitative estimate of drug-likeness (QED) is 0.349. The lowest BCUT2D eigenvalue weighted by Gasteiger charge is -2.16. The molecule has 4 rings (SSSR count). The van der Waals surface area contributed by atoms with Gasteiger partial charge in [-0.25, -0.2) is 4.98 Å². The highest BCUT2D eigenvalue weighted by atomic mass is 35.5. The Balaban J connectivity index is 1.68. The minimum atomic E-state index is -0.456. The molecule has 10 heteroatoms. The molecule has 1 atom stereocenters. The molecule has 7 nitrogen and oxygen atoms in total. The second-order valence-corrected chi connectivity index (χ2v) is 9.60. The lowest BCUT2D eigenvalue weighted by molar-refractivity contribution is -0.115. The van der Waals surface area contributed by atoms with Gasteiger partial charge in [-0.1, -0.05) is 35.5 Å². The van der Waals surface area contributed by atoms with Crippen molar-refractivity contribution in [1.82, 2.24) is 19.7 Å². The van der Waals surface area contributed by atoms with Crippen molar-refractivity contribution < 1.29 is 9.53 Å². The highest BCUT2D eigenvalue weighted by Crippen LogP contribution is 2.36. The van der Waals surface area contributed by atoms with E-state index >= 15 is 0 Å². The molecule has 3 heterocycles. The summed E-state index contributed by atoms with van der Waals surface area (Å²) in [6.45, 7) is 3.83. The van der Waals surface area contributed by atoms with E-state index in [0.717, 1.165) is 16.1 Å². The average Bonchev–Trinajstić information content (AvgIpc) is 3.45. The van der Waals surface area contributed by atoms with Gasteiger partial charge >= 0.3 is 0 Å². The topological polar surface area (TPSA) is 81.9 Å². The summed E-state index contributed by atoms with van der Waals surface area (Å²) in [6, 6.07) is 13.2. The van der Waals surface area contributed by atoms with Crippen LogP contribution in [0.1, 0.15) is 12.5 Å². The number of anilines is 1. The zero-order chi connectivity index (χ0) is 22.7. The second-order valence-electron chi connectivity index (χ2n) is 6.91.